The lowest BCUT2D eigenvalue weighted by Crippen LogP contribution is -2.56. The van der Waals surface area contributed by atoms with E-state index < -0.39 is 37.3 Å². The third-order valence-electron chi connectivity index (χ3n) is 7.30. The van der Waals surface area contributed by atoms with Crippen molar-refractivity contribution in [2.45, 2.75) is 37.2 Å². The Hall–Kier alpha value is -3.60. The normalized spacial score (nSPS) is 24.9. The standard InChI is InChI=1S/C29H25N3O5S/c33-15-23-25(34)26(35)24-29(36-23)37-27(31-24)21-14-32(13-16-5-6-17-3-1-2-4-18(17)11-16)22-8-7-19(12-20(21)22)28-30-9-10-38-28/h1-12,14,23-26,29,33-35H,13,15H2/t23-,24-,25-,26-,29-/m1/s1. The summed E-state index contributed by atoms with van der Waals surface area (Å²) in [6.07, 6.45) is -0.493. The molecule has 7 rings (SSSR count). The van der Waals surface area contributed by atoms with Crippen LogP contribution in [0.5, 0.6) is 0 Å². The van der Waals surface area contributed by atoms with E-state index in [1.165, 1.54) is 10.8 Å². The minimum absolute atomic E-state index is 0.336. The molecule has 192 valence electrons. The smallest absolute Gasteiger partial charge is 0.227 e. The van der Waals surface area contributed by atoms with Gasteiger partial charge in [-0.05, 0) is 40.6 Å². The minimum Gasteiger partial charge on any atom is -0.445 e. The first kappa shape index (κ1) is 23.5. The van der Waals surface area contributed by atoms with Gasteiger partial charge >= 0.3 is 0 Å². The number of aliphatic hydroxyl groups is 3. The van der Waals surface area contributed by atoms with Crippen LogP contribution in [0.2, 0.25) is 0 Å². The third-order valence-corrected chi connectivity index (χ3v) is 8.12. The van der Waals surface area contributed by atoms with E-state index in [0.29, 0.717) is 12.4 Å². The Morgan fingerprint density at radius 1 is 0.974 bits per heavy atom. The molecule has 0 radical (unpaired) electrons. The van der Waals surface area contributed by atoms with Crippen LogP contribution in [0.4, 0.5) is 0 Å². The molecule has 0 spiro atoms. The lowest BCUT2D eigenvalue weighted by atomic mass is 9.98. The number of ether oxygens (including phenoxy) is 2. The zero-order valence-electron chi connectivity index (χ0n) is 20.2. The van der Waals surface area contributed by atoms with Gasteiger partial charge in [0.1, 0.15) is 29.4 Å². The Kier molecular flexibility index (Phi) is 5.75. The highest BCUT2D eigenvalue weighted by Crippen LogP contribution is 2.35. The second-order valence-corrected chi connectivity index (χ2v) is 10.6. The predicted octanol–water partition coefficient (Wildman–Crippen LogP) is 3.55. The Balaban J connectivity index is 1.31. The van der Waals surface area contributed by atoms with Crippen molar-refractivity contribution in [3.8, 4) is 10.6 Å². The maximum absolute atomic E-state index is 10.6. The van der Waals surface area contributed by atoms with Gasteiger partial charge < -0.3 is 29.4 Å². The van der Waals surface area contributed by atoms with Gasteiger partial charge in [-0.25, -0.2) is 9.98 Å². The highest BCUT2D eigenvalue weighted by atomic mass is 32.1. The van der Waals surface area contributed by atoms with Crippen molar-refractivity contribution >= 4 is 38.9 Å². The van der Waals surface area contributed by atoms with Gasteiger partial charge in [-0.3, -0.25) is 0 Å². The number of fused-ring (bicyclic) bond motifs is 3. The summed E-state index contributed by atoms with van der Waals surface area (Å²) in [4.78, 5) is 9.10. The van der Waals surface area contributed by atoms with E-state index in [4.69, 9.17) is 9.47 Å². The first-order valence-electron chi connectivity index (χ1n) is 12.5. The first-order valence-corrected chi connectivity index (χ1v) is 13.3. The van der Waals surface area contributed by atoms with Crippen molar-refractivity contribution in [1.29, 1.82) is 0 Å². The highest BCUT2D eigenvalue weighted by molar-refractivity contribution is 7.13. The fourth-order valence-electron chi connectivity index (χ4n) is 5.34. The van der Waals surface area contributed by atoms with Gasteiger partial charge in [-0.2, -0.15) is 0 Å². The van der Waals surface area contributed by atoms with Gasteiger partial charge in [-0.1, -0.05) is 36.4 Å². The summed E-state index contributed by atoms with van der Waals surface area (Å²) in [5, 5.41) is 36.7. The number of rotatable bonds is 5. The minimum atomic E-state index is -1.25. The molecule has 0 aliphatic carbocycles. The summed E-state index contributed by atoms with van der Waals surface area (Å²) in [6, 6.07) is 20.2. The molecule has 1 fully saturated rings. The topological polar surface area (TPSA) is 109 Å². The Morgan fingerprint density at radius 3 is 2.66 bits per heavy atom. The van der Waals surface area contributed by atoms with Crippen LogP contribution in [0.25, 0.3) is 32.2 Å². The van der Waals surface area contributed by atoms with Crippen LogP contribution in [0.15, 0.2) is 83.4 Å². The van der Waals surface area contributed by atoms with Crippen molar-refractivity contribution in [1.82, 2.24) is 9.55 Å². The molecule has 38 heavy (non-hydrogen) atoms. The molecule has 0 unspecified atom stereocenters. The zero-order chi connectivity index (χ0) is 25.8. The fraction of sp³-hybridized carbons (Fsp3) is 0.241. The lowest BCUT2D eigenvalue weighted by Gasteiger charge is -2.36. The average molecular weight is 528 g/mol. The number of nitrogens with zero attached hydrogens (tertiary/aromatic N) is 3. The van der Waals surface area contributed by atoms with E-state index in [2.05, 4.69) is 63.1 Å². The maximum atomic E-state index is 10.6. The summed E-state index contributed by atoms with van der Waals surface area (Å²) >= 11 is 1.57. The molecule has 9 heteroatoms. The van der Waals surface area contributed by atoms with Crippen LogP contribution in [-0.2, 0) is 16.0 Å². The van der Waals surface area contributed by atoms with E-state index in [1.54, 1.807) is 17.5 Å². The van der Waals surface area contributed by atoms with Gasteiger partial charge in [0.2, 0.25) is 12.2 Å². The number of benzene rings is 3. The number of thiazole rings is 1. The van der Waals surface area contributed by atoms with E-state index in [1.807, 2.05) is 23.7 Å². The molecule has 5 aromatic rings. The number of aromatic nitrogens is 2. The first-order chi connectivity index (χ1) is 18.6. The van der Waals surface area contributed by atoms with Gasteiger partial charge in [-0.15, -0.1) is 11.3 Å². The molecule has 2 aromatic heterocycles. The summed E-state index contributed by atoms with van der Waals surface area (Å²) < 4.78 is 14.0. The molecular formula is C29H25N3O5S. The average Bonchev–Trinajstić information content (AvgIpc) is 3.70. The molecule has 0 amide bonds. The van der Waals surface area contributed by atoms with Crippen LogP contribution >= 0.6 is 11.3 Å². The van der Waals surface area contributed by atoms with Gasteiger partial charge in [0.25, 0.3) is 0 Å². The number of aliphatic hydroxyl groups excluding tert-OH is 3. The van der Waals surface area contributed by atoms with E-state index >= 15 is 0 Å². The Bertz CT molecular complexity index is 1660. The van der Waals surface area contributed by atoms with Crippen molar-refractivity contribution in [2.75, 3.05) is 6.61 Å². The summed E-state index contributed by atoms with van der Waals surface area (Å²) in [5.74, 6) is 0.336. The summed E-state index contributed by atoms with van der Waals surface area (Å²) in [6.45, 7) is 0.213. The molecule has 0 saturated carbocycles. The molecular weight excluding hydrogens is 502 g/mol. The van der Waals surface area contributed by atoms with Gasteiger partial charge in [0, 0.05) is 40.8 Å². The molecule has 8 nitrogen and oxygen atoms in total. The van der Waals surface area contributed by atoms with Crippen LogP contribution in [0.3, 0.4) is 0 Å². The van der Waals surface area contributed by atoms with E-state index in [-0.39, 0.29) is 0 Å². The monoisotopic (exact) mass is 527 g/mol. The largest absolute Gasteiger partial charge is 0.445 e. The SMILES string of the molecule is OC[C@H]1O[C@@H]2OC(c3cn(Cc4ccc5ccccc5c4)c4ccc(-c5nccs5)cc34)=N[C@@H]2[C@@H](O)[C@@H]1O. The Labute approximate surface area is 222 Å². The third kappa shape index (κ3) is 3.91. The maximum Gasteiger partial charge on any atom is 0.227 e. The lowest BCUT2D eigenvalue weighted by molar-refractivity contribution is -0.234. The van der Waals surface area contributed by atoms with Crippen molar-refractivity contribution in [2.24, 2.45) is 4.99 Å². The molecule has 2 aliphatic heterocycles. The van der Waals surface area contributed by atoms with Crippen molar-refractivity contribution < 1.29 is 24.8 Å². The van der Waals surface area contributed by atoms with E-state index in [0.717, 1.165) is 32.6 Å². The predicted molar refractivity (Wildman–Crippen MR) is 145 cm³/mol. The van der Waals surface area contributed by atoms with Crippen LogP contribution in [0, 0.1) is 0 Å². The molecule has 4 heterocycles. The van der Waals surface area contributed by atoms with Crippen LogP contribution in [0.1, 0.15) is 11.1 Å². The van der Waals surface area contributed by atoms with Crippen molar-refractivity contribution in [3.05, 3.63) is 89.6 Å². The zero-order valence-corrected chi connectivity index (χ0v) is 21.0. The quantitative estimate of drug-likeness (QED) is 0.323. The van der Waals surface area contributed by atoms with Gasteiger partial charge in [0.05, 0.1) is 12.2 Å². The number of hydrogen-bond donors (Lipinski definition) is 3. The van der Waals surface area contributed by atoms with Crippen LogP contribution in [-0.4, -0.2) is 68.0 Å². The van der Waals surface area contributed by atoms with Crippen LogP contribution < -0.4 is 0 Å². The second kappa shape index (κ2) is 9.30. The molecule has 3 N–H and O–H groups in total. The molecule has 0 bridgehead atoms. The van der Waals surface area contributed by atoms with E-state index in [9.17, 15) is 15.3 Å². The number of hydrogen-bond acceptors (Lipinski definition) is 8. The number of aliphatic imine (C=N–C) groups is 1. The molecule has 3 aromatic carbocycles. The molecule has 1 saturated heterocycles. The highest BCUT2D eigenvalue weighted by Gasteiger charge is 2.49. The van der Waals surface area contributed by atoms with Crippen molar-refractivity contribution in [3.63, 3.8) is 0 Å². The fourth-order valence-corrected chi connectivity index (χ4v) is 5.98. The van der Waals surface area contributed by atoms with Gasteiger partial charge in [0.15, 0.2) is 0 Å². The second-order valence-electron chi connectivity index (χ2n) is 9.67. The molecule has 5 atom stereocenters. The molecule has 2 aliphatic rings. The summed E-state index contributed by atoms with van der Waals surface area (Å²) in [7, 11) is 0. The Morgan fingerprint density at radius 2 is 1.84 bits per heavy atom. The summed E-state index contributed by atoms with van der Waals surface area (Å²) in [5.41, 5.74) is 3.91.